The standard InChI is InChI=1S/C13H15ClN2O4/c1-3-20-13(18)12(11(17)8-14)16-15-9-4-6-10(19-2)7-5-9/h4-7,15H,3,8H2,1-2H3/b16-12-. The predicted molar refractivity (Wildman–Crippen MR) is 76.4 cm³/mol. The second kappa shape index (κ2) is 8.16. The minimum atomic E-state index is -0.806. The summed E-state index contributed by atoms with van der Waals surface area (Å²) in [5, 5.41) is 3.76. The number of methoxy groups -OCH3 is 1. The summed E-state index contributed by atoms with van der Waals surface area (Å²) in [6, 6.07) is 6.81. The van der Waals surface area contributed by atoms with Crippen molar-refractivity contribution in [3.63, 3.8) is 0 Å². The number of nitrogens with zero attached hydrogens (tertiary/aromatic N) is 1. The van der Waals surface area contributed by atoms with Crippen LogP contribution in [0.1, 0.15) is 6.92 Å². The second-order valence-corrected chi connectivity index (χ2v) is 3.85. The van der Waals surface area contributed by atoms with Crippen molar-refractivity contribution < 1.29 is 19.1 Å². The van der Waals surface area contributed by atoms with Crippen LogP contribution >= 0.6 is 11.6 Å². The van der Waals surface area contributed by atoms with E-state index >= 15 is 0 Å². The van der Waals surface area contributed by atoms with Crippen molar-refractivity contribution in [3.8, 4) is 5.75 Å². The Morgan fingerprint density at radius 3 is 2.45 bits per heavy atom. The Morgan fingerprint density at radius 2 is 1.95 bits per heavy atom. The van der Waals surface area contributed by atoms with Crippen molar-refractivity contribution in [2.75, 3.05) is 25.0 Å². The van der Waals surface area contributed by atoms with Crippen LogP contribution < -0.4 is 10.2 Å². The fourth-order valence-electron chi connectivity index (χ4n) is 1.27. The highest BCUT2D eigenvalue weighted by Gasteiger charge is 2.21. The molecule has 0 fully saturated rings. The summed E-state index contributed by atoms with van der Waals surface area (Å²) in [7, 11) is 1.55. The maximum atomic E-state index is 11.6. The molecule has 0 radical (unpaired) electrons. The predicted octanol–water partition coefficient (Wildman–Crippen LogP) is 1.83. The summed E-state index contributed by atoms with van der Waals surface area (Å²) >= 11 is 5.43. The van der Waals surface area contributed by atoms with Crippen LogP contribution in [0.5, 0.6) is 5.75 Å². The molecular weight excluding hydrogens is 284 g/mol. The van der Waals surface area contributed by atoms with Gasteiger partial charge in [0.1, 0.15) is 5.75 Å². The number of carbonyl (C=O) groups excluding carboxylic acids is 2. The van der Waals surface area contributed by atoms with Crippen molar-refractivity contribution >= 4 is 34.8 Å². The van der Waals surface area contributed by atoms with E-state index in [0.29, 0.717) is 11.4 Å². The summed E-state index contributed by atoms with van der Waals surface area (Å²) in [4.78, 5) is 23.1. The van der Waals surface area contributed by atoms with Crippen LogP contribution in [-0.4, -0.2) is 37.1 Å². The van der Waals surface area contributed by atoms with Crippen LogP contribution in [0.25, 0.3) is 0 Å². The molecule has 0 saturated heterocycles. The molecule has 0 heterocycles. The van der Waals surface area contributed by atoms with Gasteiger partial charge < -0.3 is 9.47 Å². The summed E-state index contributed by atoms with van der Waals surface area (Å²) in [5.74, 6) is -1.07. The monoisotopic (exact) mass is 298 g/mol. The molecule has 6 nitrogen and oxygen atoms in total. The van der Waals surface area contributed by atoms with Gasteiger partial charge in [-0.3, -0.25) is 10.2 Å². The number of hydrogen-bond acceptors (Lipinski definition) is 6. The third kappa shape index (κ3) is 4.55. The number of esters is 1. The average Bonchev–Trinajstić information content (AvgIpc) is 2.48. The van der Waals surface area contributed by atoms with Gasteiger partial charge in [0.2, 0.25) is 11.5 Å². The Hall–Kier alpha value is -2.08. The van der Waals surface area contributed by atoms with Crippen molar-refractivity contribution in [1.29, 1.82) is 0 Å². The first kappa shape index (κ1) is 16.0. The Kier molecular flexibility index (Phi) is 6.52. The van der Waals surface area contributed by atoms with E-state index in [1.165, 1.54) is 0 Å². The van der Waals surface area contributed by atoms with Gasteiger partial charge in [-0.1, -0.05) is 0 Å². The molecule has 0 atom stereocenters. The summed E-state index contributed by atoms with van der Waals surface area (Å²) in [6.07, 6.45) is 0. The molecule has 0 amide bonds. The van der Waals surface area contributed by atoms with Gasteiger partial charge in [0.25, 0.3) is 0 Å². The highest BCUT2D eigenvalue weighted by atomic mass is 35.5. The zero-order valence-electron chi connectivity index (χ0n) is 11.2. The Bertz CT molecular complexity index is 500. The normalized spacial score (nSPS) is 10.8. The first-order valence-corrected chi connectivity index (χ1v) is 6.39. The Balaban J connectivity index is 2.84. The Morgan fingerprint density at radius 1 is 1.30 bits per heavy atom. The van der Waals surface area contributed by atoms with E-state index in [-0.39, 0.29) is 18.2 Å². The number of carbonyl (C=O) groups is 2. The maximum Gasteiger partial charge on any atom is 0.362 e. The first-order valence-electron chi connectivity index (χ1n) is 5.86. The quantitative estimate of drug-likeness (QED) is 0.273. The van der Waals surface area contributed by atoms with E-state index in [4.69, 9.17) is 21.1 Å². The number of halogens is 1. The number of Topliss-reactive ketones (excluding diaryl/α,β-unsaturated/α-hetero) is 1. The molecule has 0 unspecified atom stereocenters. The molecule has 1 aromatic rings. The molecule has 1 rings (SSSR count). The van der Waals surface area contributed by atoms with Crippen molar-refractivity contribution in [1.82, 2.24) is 0 Å². The van der Waals surface area contributed by atoms with Gasteiger partial charge in [-0.05, 0) is 31.2 Å². The maximum absolute atomic E-state index is 11.6. The van der Waals surface area contributed by atoms with E-state index in [0.717, 1.165) is 0 Å². The van der Waals surface area contributed by atoms with E-state index in [2.05, 4.69) is 10.5 Å². The van der Waals surface area contributed by atoms with Gasteiger partial charge in [-0.2, -0.15) is 5.10 Å². The number of anilines is 1. The van der Waals surface area contributed by atoms with Crippen molar-refractivity contribution in [3.05, 3.63) is 24.3 Å². The van der Waals surface area contributed by atoms with Gasteiger partial charge in [0.05, 0.1) is 25.3 Å². The summed E-state index contributed by atoms with van der Waals surface area (Å²) in [5.41, 5.74) is 2.83. The van der Waals surface area contributed by atoms with Gasteiger partial charge in [0, 0.05) is 0 Å². The second-order valence-electron chi connectivity index (χ2n) is 3.58. The molecule has 20 heavy (non-hydrogen) atoms. The zero-order chi connectivity index (χ0) is 15.0. The molecule has 0 aromatic heterocycles. The van der Waals surface area contributed by atoms with Crippen LogP contribution in [-0.2, 0) is 14.3 Å². The summed E-state index contributed by atoms with van der Waals surface area (Å²) < 4.78 is 9.75. The van der Waals surface area contributed by atoms with E-state index in [1.54, 1.807) is 38.3 Å². The molecule has 0 aliphatic heterocycles. The number of alkyl halides is 1. The third-order valence-corrected chi connectivity index (χ3v) is 2.48. The molecular formula is C13H15ClN2O4. The number of hydrogen-bond donors (Lipinski definition) is 1. The van der Waals surface area contributed by atoms with Crippen LogP contribution in [0, 0.1) is 0 Å². The molecule has 1 aromatic carbocycles. The molecule has 1 N–H and O–H groups in total. The minimum Gasteiger partial charge on any atom is -0.497 e. The molecule has 0 saturated carbocycles. The minimum absolute atomic E-state index is 0.149. The summed E-state index contributed by atoms with van der Waals surface area (Å²) in [6.45, 7) is 1.79. The molecule has 0 spiro atoms. The molecule has 0 aliphatic rings. The lowest BCUT2D eigenvalue weighted by Gasteiger charge is -2.06. The van der Waals surface area contributed by atoms with Crippen LogP contribution in [0.2, 0.25) is 0 Å². The zero-order valence-corrected chi connectivity index (χ0v) is 11.9. The largest absolute Gasteiger partial charge is 0.497 e. The van der Waals surface area contributed by atoms with Crippen molar-refractivity contribution in [2.45, 2.75) is 6.92 Å². The lowest BCUT2D eigenvalue weighted by atomic mass is 10.3. The van der Waals surface area contributed by atoms with Gasteiger partial charge in [-0.15, -0.1) is 11.6 Å². The SMILES string of the molecule is CCOC(=O)/C(=N\Nc1ccc(OC)cc1)C(=O)CCl. The fraction of sp³-hybridized carbons (Fsp3) is 0.308. The van der Waals surface area contributed by atoms with Crippen LogP contribution in [0.4, 0.5) is 5.69 Å². The lowest BCUT2D eigenvalue weighted by Crippen LogP contribution is -2.28. The highest BCUT2D eigenvalue weighted by molar-refractivity contribution is 6.67. The topological polar surface area (TPSA) is 77.0 Å². The molecule has 7 heteroatoms. The lowest BCUT2D eigenvalue weighted by molar-refractivity contribution is -0.135. The highest BCUT2D eigenvalue weighted by Crippen LogP contribution is 2.14. The number of ketones is 1. The Labute approximate surface area is 121 Å². The number of nitrogens with one attached hydrogen (secondary N) is 1. The molecule has 0 aliphatic carbocycles. The third-order valence-electron chi connectivity index (χ3n) is 2.24. The van der Waals surface area contributed by atoms with Crippen LogP contribution in [0.3, 0.4) is 0 Å². The van der Waals surface area contributed by atoms with E-state index < -0.39 is 11.8 Å². The van der Waals surface area contributed by atoms with E-state index in [1.807, 2.05) is 0 Å². The smallest absolute Gasteiger partial charge is 0.362 e. The van der Waals surface area contributed by atoms with Crippen LogP contribution in [0.15, 0.2) is 29.4 Å². The first-order chi connectivity index (χ1) is 9.62. The van der Waals surface area contributed by atoms with Crippen molar-refractivity contribution in [2.24, 2.45) is 5.10 Å². The van der Waals surface area contributed by atoms with Gasteiger partial charge >= 0.3 is 5.97 Å². The number of rotatable bonds is 7. The number of hydrazone groups is 1. The molecule has 108 valence electrons. The number of ether oxygens (including phenoxy) is 2. The number of benzene rings is 1. The van der Waals surface area contributed by atoms with Gasteiger partial charge in [0.15, 0.2) is 0 Å². The van der Waals surface area contributed by atoms with Gasteiger partial charge in [-0.25, -0.2) is 4.79 Å². The van der Waals surface area contributed by atoms with E-state index in [9.17, 15) is 9.59 Å². The molecule has 0 bridgehead atoms. The average molecular weight is 299 g/mol. The fourth-order valence-corrected chi connectivity index (χ4v) is 1.40.